The molecular weight excluding hydrogens is 394 g/mol. The molecule has 0 aliphatic rings. The molecule has 0 unspecified atom stereocenters. The minimum absolute atomic E-state index is 0.0159. The van der Waals surface area contributed by atoms with Crippen molar-refractivity contribution in [1.82, 2.24) is 19.7 Å². The van der Waals surface area contributed by atoms with Gasteiger partial charge in [0, 0.05) is 12.2 Å². The minimum atomic E-state index is -0.0159. The Morgan fingerprint density at radius 2 is 1.96 bits per heavy atom. The molecule has 0 saturated heterocycles. The second kappa shape index (κ2) is 8.59. The zero-order chi connectivity index (χ0) is 20.4. The normalized spacial score (nSPS) is 11.5. The fourth-order valence-corrected chi connectivity index (χ4v) is 4.49. The number of anilines is 1. The molecule has 8 heteroatoms. The molecule has 6 nitrogen and oxygen atoms in total. The lowest BCUT2D eigenvalue weighted by Crippen LogP contribution is -2.36. The number of thiazole rings is 1. The van der Waals surface area contributed by atoms with Crippen molar-refractivity contribution in [2.24, 2.45) is 0 Å². The maximum absolute atomic E-state index is 13.2. The van der Waals surface area contributed by atoms with Gasteiger partial charge in [0.15, 0.2) is 5.13 Å². The number of hydrogen-bond acceptors (Lipinski definition) is 5. The quantitative estimate of drug-likeness (QED) is 0.579. The van der Waals surface area contributed by atoms with E-state index in [1.807, 2.05) is 53.1 Å². The number of rotatable bonds is 7. The van der Waals surface area contributed by atoms with Crippen LogP contribution in [-0.4, -0.2) is 52.8 Å². The number of carbonyl (C=O) groups excluding carboxylic acids is 1. The molecule has 0 saturated carbocycles. The lowest BCUT2D eigenvalue weighted by atomic mass is 10.2. The van der Waals surface area contributed by atoms with Crippen molar-refractivity contribution in [2.75, 3.05) is 32.1 Å². The first-order valence-corrected chi connectivity index (χ1v) is 10.5. The summed E-state index contributed by atoms with van der Waals surface area (Å²) in [5, 5.41) is 5.79. The number of fused-ring (bicyclic) bond motifs is 1. The van der Waals surface area contributed by atoms with Crippen LogP contribution in [0.4, 0.5) is 5.13 Å². The molecule has 2 heterocycles. The van der Waals surface area contributed by atoms with Gasteiger partial charge in [-0.05, 0) is 65.5 Å². The van der Waals surface area contributed by atoms with E-state index in [9.17, 15) is 4.79 Å². The average molecular weight is 420 g/mol. The number of benzene rings is 1. The van der Waals surface area contributed by atoms with Gasteiger partial charge in [0.2, 0.25) is 0 Å². The first-order chi connectivity index (χ1) is 13.3. The molecular formula is C20H26ClN5OS. The third-order valence-electron chi connectivity index (χ3n) is 4.59. The minimum Gasteiger partial charge on any atom is -0.309 e. The molecule has 0 aliphatic carbocycles. The summed E-state index contributed by atoms with van der Waals surface area (Å²) in [5.41, 5.74) is 3.80. The predicted molar refractivity (Wildman–Crippen MR) is 117 cm³/mol. The highest BCUT2D eigenvalue weighted by Gasteiger charge is 2.22. The number of halogens is 1. The van der Waals surface area contributed by atoms with Crippen LogP contribution in [-0.2, 0) is 11.3 Å². The average Bonchev–Trinajstić information content (AvgIpc) is 3.19. The van der Waals surface area contributed by atoms with Crippen LogP contribution in [0.5, 0.6) is 0 Å². The van der Waals surface area contributed by atoms with E-state index in [-0.39, 0.29) is 12.5 Å². The second-order valence-corrected chi connectivity index (χ2v) is 8.71. The van der Waals surface area contributed by atoms with Gasteiger partial charge in [-0.1, -0.05) is 29.0 Å². The molecule has 3 aromatic rings. The molecule has 1 aromatic carbocycles. The Hall–Kier alpha value is -1.96. The van der Waals surface area contributed by atoms with Crippen LogP contribution in [0, 0.1) is 20.8 Å². The van der Waals surface area contributed by atoms with Gasteiger partial charge in [-0.3, -0.25) is 14.4 Å². The van der Waals surface area contributed by atoms with Crippen LogP contribution in [0.15, 0.2) is 18.2 Å². The Morgan fingerprint density at radius 3 is 2.57 bits per heavy atom. The second-order valence-electron chi connectivity index (χ2n) is 7.33. The first-order valence-electron chi connectivity index (χ1n) is 9.28. The predicted octanol–water partition coefficient (Wildman–Crippen LogP) is 4.06. The third-order valence-corrected chi connectivity index (χ3v) is 6.13. The summed E-state index contributed by atoms with van der Waals surface area (Å²) in [6, 6.07) is 5.82. The molecule has 0 spiro atoms. The standard InChI is InChI=1S/C20H26ClN5OS/c1-13-7-8-16(21)19-18(13)22-20(28-19)25(10-6-9-24(4)5)17(27)12-26-15(3)11-14(2)23-26/h7-8,11H,6,9-10,12H2,1-5H3. The number of nitrogens with zero attached hydrogens (tertiary/aromatic N) is 5. The molecule has 0 atom stereocenters. The van der Waals surface area contributed by atoms with Crippen molar-refractivity contribution in [3.05, 3.63) is 40.2 Å². The molecule has 2 aromatic heterocycles. The highest BCUT2D eigenvalue weighted by molar-refractivity contribution is 7.23. The number of aryl methyl sites for hydroxylation is 3. The van der Waals surface area contributed by atoms with Crippen molar-refractivity contribution in [3.63, 3.8) is 0 Å². The SMILES string of the molecule is Cc1cc(C)n(CC(=O)N(CCCN(C)C)c2nc3c(C)ccc(Cl)c3s2)n1. The summed E-state index contributed by atoms with van der Waals surface area (Å²) >= 11 is 7.84. The van der Waals surface area contributed by atoms with E-state index in [1.54, 1.807) is 9.58 Å². The topological polar surface area (TPSA) is 54.3 Å². The Morgan fingerprint density at radius 1 is 1.21 bits per heavy atom. The lowest BCUT2D eigenvalue weighted by molar-refractivity contribution is -0.119. The number of aromatic nitrogens is 3. The van der Waals surface area contributed by atoms with Crippen molar-refractivity contribution < 1.29 is 4.79 Å². The van der Waals surface area contributed by atoms with Crippen molar-refractivity contribution in [3.8, 4) is 0 Å². The van der Waals surface area contributed by atoms with Crippen molar-refractivity contribution >= 4 is 44.2 Å². The van der Waals surface area contributed by atoms with Crippen LogP contribution in [0.25, 0.3) is 10.2 Å². The first kappa shape index (κ1) is 20.8. The third kappa shape index (κ3) is 4.54. The van der Waals surface area contributed by atoms with Crippen LogP contribution < -0.4 is 4.90 Å². The van der Waals surface area contributed by atoms with E-state index >= 15 is 0 Å². The number of amides is 1. The van der Waals surface area contributed by atoms with Gasteiger partial charge >= 0.3 is 0 Å². The zero-order valence-corrected chi connectivity index (χ0v) is 18.6. The molecule has 150 valence electrons. The Balaban J connectivity index is 1.92. The van der Waals surface area contributed by atoms with Crippen LogP contribution in [0.1, 0.15) is 23.4 Å². The smallest absolute Gasteiger partial charge is 0.250 e. The maximum atomic E-state index is 13.2. The molecule has 28 heavy (non-hydrogen) atoms. The van der Waals surface area contributed by atoms with Gasteiger partial charge in [0.05, 0.1) is 20.9 Å². The van der Waals surface area contributed by atoms with Gasteiger partial charge < -0.3 is 4.90 Å². The Kier molecular flexibility index (Phi) is 6.37. The van der Waals surface area contributed by atoms with Gasteiger partial charge in [0.25, 0.3) is 5.91 Å². The molecule has 0 aliphatic heterocycles. The van der Waals surface area contributed by atoms with Gasteiger partial charge in [0.1, 0.15) is 6.54 Å². The van der Waals surface area contributed by atoms with E-state index < -0.39 is 0 Å². The monoisotopic (exact) mass is 419 g/mol. The largest absolute Gasteiger partial charge is 0.309 e. The van der Waals surface area contributed by atoms with Crippen LogP contribution in [0.3, 0.4) is 0 Å². The van der Waals surface area contributed by atoms with E-state index in [0.29, 0.717) is 16.7 Å². The van der Waals surface area contributed by atoms with E-state index in [0.717, 1.165) is 40.1 Å². The van der Waals surface area contributed by atoms with Crippen molar-refractivity contribution in [2.45, 2.75) is 33.7 Å². The zero-order valence-electron chi connectivity index (χ0n) is 17.0. The van der Waals surface area contributed by atoms with E-state index in [1.165, 1.54) is 11.3 Å². The van der Waals surface area contributed by atoms with Crippen LogP contribution >= 0.6 is 22.9 Å². The summed E-state index contributed by atoms with van der Waals surface area (Å²) in [7, 11) is 4.06. The molecule has 3 rings (SSSR count). The highest BCUT2D eigenvalue weighted by Crippen LogP contribution is 2.35. The summed E-state index contributed by atoms with van der Waals surface area (Å²) in [6.45, 7) is 7.60. The van der Waals surface area contributed by atoms with E-state index in [2.05, 4.69) is 10.00 Å². The molecule has 0 bridgehead atoms. The lowest BCUT2D eigenvalue weighted by Gasteiger charge is -2.21. The molecule has 1 amide bonds. The van der Waals surface area contributed by atoms with Crippen LogP contribution in [0.2, 0.25) is 5.02 Å². The Labute approximate surface area is 174 Å². The fraction of sp³-hybridized carbons (Fsp3) is 0.450. The van der Waals surface area contributed by atoms with Gasteiger partial charge in [-0.15, -0.1) is 0 Å². The van der Waals surface area contributed by atoms with Gasteiger partial charge in [-0.25, -0.2) is 4.98 Å². The van der Waals surface area contributed by atoms with Gasteiger partial charge in [-0.2, -0.15) is 5.10 Å². The highest BCUT2D eigenvalue weighted by atomic mass is 35.5. The maximum Gasteiger partial charge on any atom is 0.250 e. The van der Waals surface area contributed by atoms with E-state index in [4.69, 9.17) is 16.6 Å². The summed E-state index contributed by atoms with van der Waals surface area (Å²) < 4.78 is 2.68. The Bertz CT molecular complexity index is 955. The molecule has 0 fully saturated rings. The van der Waals surface area contributed by atoms with Crippen molar-refractivity contribution in [1.29, 1.82) is 0 Å². The molecule has 0 N–H and O–H groups in total. The fourth-order valence-electron chi connectivity index (χ4n) is 3.13. The number of hydrogen-bond donors (Lipinski definition) is 0. The number of carbonyl (C=O) groups is 1. The molecule has 0 radical (unpaired) electrons. The summed E-state index contributed by atoms with van der Waals surface area (Å²) in [5.74, 6) is -0.0159. The summed E-state index contributed by atoms with van der Waals surface area (Å²) in [4.78, 5) is 21.8. The summed E-state index contributed by atoms with van der Waals surface area (Å²) in [6.07, 6.45) is 0.860.